The van der Waals surface area contributed by atoms with Crippen LogP contribution in [0.5, 0.6) is 0 Å². The van der Waals surface area contributed by atoms with Crippen LogP contribution in [0.3, 0.4) is 0 Å². The summed E-state index contributed by atoms with van der Waals surface area (Å²) in [7, 11) is 0. The molecule has 0 spiro atoms. The summed E-state index contributed by atoms with van der Waals surface area (Å²) in [6.45, 7) is 5.24. The Morgan fingerprint density at radius 1 is 1.14 bits per heavy atom. The molecule has 0 bridgehead atoms. The summed E-state index contributed by atoms with van der Waals surface area (Å²) in [5.74, 6) is 0.0325. The van der Waals surface area contributed by atoms with Crippen molar-refractivity contribution < 1.29 is 9.52 Å². The van der Waals surface area contributed by atoms with Crippen molar-refractivity contribution in [1.29, 1.82) is 0 Å². The van der Waals surface area contributed by atoms with Gasteiger partial charge in [0.1, 0.15) is 5.25 Å². The highest BCUT2D eigenvalue weighted by molar-refractivity contribution is 8.00. The van der Waals surface area contributed by atoms with Crippen molar-refractivity contribution in [1.82, 2.24) is 4.90 Å². The molecule has 1 atom stereocenters. The Kier molecular flexibility index (Phi) is 5.83. The lowest BCUT2D eigenvalue weighted by Gasteiger charge is -2.24. The van der Waals surface area contributed by atoms with Crippen molar-refractivity contribution >= 4 is 17.7 Å². The van der Waals surface area contributed by atoms with Gasteiger partial charge in [-0.3, -0.25) is 4.79 Å². The zero-order valence-electron chi connectivity index (χ0n) is 12.8. The lowest BCUT2D eigenvalue weighted by molar-refractivity contribution is -0.645. The van der Waals surface area contributed by atoms with Gasteiger partial charge >= 0.3 is 0 Å². The predicted molar refractivity (Wildman–Crippen MR) is 88.4 cm³/mol. The van der Waals surface area contributed by atoms with Gasteiger partial charge in [-0.05, 0) is 37.2 Å². The highest BCUT2D eigenvalue weighted by Gasteiger charge is 2.28. The molecule has 1 aromatic heterocycles. The summed E-state index contributed by atoms with van der Waals surface area (Å²) in [5, 5.41) is 12.0. The molecule has 116 valence electrons. The van der Waals surface area contributed by atoms with E-state index in [4.69, 9.17) is 0 Å². The van der Waals surface area contributed by atoms with E-state index < -0.39 is 5.25 Å². The summed E-state index contributed by atoms with van der Waals surface area (Å²) < 4.78 is 0.802. The minimum absolute atomic E-state index is 0.0325. The van der Waals surface area contributed by atoms with Crippen molar-refractivity contribution in [2.24, 2.45) is 0 Å². The minimum Gasteiger partial charge on any atom is -0.618 e. The minimum atomic E-state index is -0.413. The molecule has 2 aromatic rings. The Labute approximate surface area is 135 Å². The van der Waals surface area contributed by atoms with Gasteiger partial charge in [-0.1, -0.05) is 30.3 Å². The number of aromatic nitrogens is 1. The number of carbonyl (C=O) groups excluding carboxylic acids is 1. The van der Waals surface area contributed by atoms with Gasteiger partial charge in [0.25, 0.3) is 5.03 Å². The van der Waals surface area contributed by atoms with E-state index in [-0.39, 0.29) is 5.91 Å². The molecule has 0 fully saturated rings. The molecule has 22 heavy (non-hydrogen) atoms. The molecule has 0 aliphatic carbocycles. The molecule has 1 heterocycles. The first-order valence-electron chi connectivity index (χ1n) is 7.36. The lowest BCUT2D eigenvalue weighted by atomic mass is 10.1. The van der Waals surface area contributed by atoms with Gasteiger partial charge in [0.15, 0.2) is 6.20 Å². The summed E-state index contributed by atoms with van der Waals surface area (Å²) in [5.41, 5.74) is 0.910. The first-order valence-corrected chi connectivity index (χ1v) is 8.23. The summed E-state index contributed by atoms with van der Waals surface area (Å²) >= 11 is 1.29. The molecule has 0 saturated carbocycles. The SMILES string of the molecule is CCN(CC)C(=O)C(Sc1cccc[n+]1[O-])c1ccccc1. The van der Waals surface area contributed by atoms with Crippen LogP contribution in [0.1, 0.15) is 24.7 Å². The van der Waals surface area contributed by atoms with Gasteiger partial charge in [0, 0.05) is 25.2 Å². The van der Waals surface area contributed by atoms with Crippen LogP contribution in [0.15, 0.2) is 59.8 Å². The fourth-order valence-corrected chi connectivity index (χ4v) is 3.32. The van der Waals surface area contributed by atoms with Crippen LogP contribution in [0.25, 0.3) is 0 Å². The second-order valence-corrected chi connectivity index (χ2v) is 5.91. The average molecular weight is 316 g/mol. The Hall–Kier alpha value is -2.01. The van der Waals surface area contributed by atoms with Crippen LogP contribution in [0, 0.1) is 5.21 Å². The quantitative estimate of drug-likeness (QED) is 0.467. The number of amides is 1. The summed E-state index contributed by atoms with van der Waals surface area (Å²) in [6, 6.07) is 14.8. The molecular formula is C17H20N2O2S. The molecule has 4 nitrogen and oxygen atoms in total. The molecular weight excluding hydrogens is 296 g/mol. The second kappa shape index (κ2) is 7.84. The Morgan fingerprint density at radius 3 is 2.36 bits per heavy atom. The first kappa shape index (κ1) is 16.4. The van der Waals surface area contributed by atoms with Crippen LogP contribution >= 0.6 is 11.8 Å². The number of thioether (sulfide) groups is 1. The number of pyridine rings is 1. The van der Waals surface area contributed by atoms with Crippen LogP contribution in [0.2, 0.25) is 0 Å². The molecule has 0 radical (unpaired) electrons. The highest BCUT2D eigenvalue weighted by Crippen LogP contribution is 2.35. The lowest BCUT2D eigenvalue weighted by Crippen LogP contribution is -2.35. The van der Waals surface area contributed by atoms with Crippen molar-refractivity contribution in [2.75, 3.05) is 13.1 Å². The van der Waals surface area contributed by atoms with E-state index in [0.717, 1.165) is 10.3 Å². The number of nitrogens with zero attached hydrogens (tertiary/aromatic N) is 2. The standard InChI is InChI=1S/C17H20N2O2S/c1-3-18(4-2)17(20)16(14-10-6-5-7-11-14)22-15-12-8-9-13-19(15)21/h5-13,16H,3-4H2,1-2H3. The molecule has 2 rings (SSSR count). The molecule has 0 saturated heterocycles. The van der Waals surface area contributed by atoms with E-state index in [0.29, 0.717) is 18.1 Å². The van der Waals surface area contributed by atoms with Crippen molar-refractivity contribution in [3.63, 3.8) is 0 Å². The number of carbonyl (C=O) groups is 1. The highest BCUT2D eigenvalue weighted by atomic mass is 32.2. The Morgan fingerprint density at radius 2 is 1.77 bits per heavy atom. The largest absolute Gasteiger partial charge is 0.618 e. The number of likely N-dealkylation sites (N-methyl/N-ethyl adjacent to an activating group) is 1. The van der Waals surface area contributed by atoms with E-state index in [9.17, 15) is 10.0 Å². The van der Waals surface area contributed by atoms with Gasteiger partial charge < -0.3 is 10.1 Å². The maximum atomic E-state index is 12.8. The zero-order chi connectivity index (χ0) is 15.9. The van der Waals surface area contributed by atoms with Crippen LogP contribution < -0.4 is 4.73 Å². The van der Waals surface area contributed by atoms with E-state index in [1.165, 1.54) is 18.0 Å². The zero-order valence-corrected chi connectivity index (χ0v) is 13.6. The van der Waals surface area contributed by atoms with Crippen molar-refractivity contribution in [3.05, 3.63) is 65.5 Å². The molecule has 0 aliphatic heterocycles. The molecule has 1 unspecified atom stereocenters. The van der Waals surface area contributed by atoms with Gasteiger partial charge in [-0.15, -0.1) is 0 Å². The van der Waals surface area contributed by atoms with Crippen LogP contribution in [-0.4, -0.2) is 23.9 Å². The van der Waals surface area contributed by atoms with E-state index in [1.807, 2.05) is 44.2 Å². The smallest absolute Gasteiger partial charge is 0.252 e. The molecule has 0 N–H and O–H groups in total. The molecule has 5 heteroatoms. The number of rotatable bonds is 6. The number of hydrogen-bond acceptors (Lipinski definition) is 3. The molecule has 1 aromatic carbocycles. The number of benzene rings is 1. The van der Waals surface area contributed by atoms with Gasteiger partial charge in [-0.25, -0.2) is 0 Å². The average Bonchev–Trinajstić information content (AvgIpc) is 2.56. The van der Waals surface area contributed by atoms with Crippen molar-refractivity contribution in [2.45, 2.75) is 24.1 Å². The fraction of sp³-hybridized carbons (Fsp3) is 0.294. The molecule has 1 amide bonds. The van der Waals surface area contributed by atoms with Crippen molar-refractivity contribution in [3.8, 4) is 0 Å². The Balaban J connectivity index is 2.34. The van der Waals surface area contributed by atoms with Crippen LogP contribution in [-0.2, 0) is 4.79 Å². The normalized spacial score (nSPS) is 11.9. The topological polar surface area (TPSA) is 47.2 Å². The van der Waals surface area contributed by atoms with Crippen LogP contribution in [0.4, 0.5) is 0 Å². The van der Waals surface area contributed by atoms with Gasteiger partial charge in [0.05, 0.1) is 0 Å². The monoisotopic (exact) mass is 316 g/mol. The third kappa shape index (κ3) is 3.80. The number of hydrogen-bond donors (Lipinski definition) is 0. The maximum absolute atomic E-state index is 12.8. The fourth-order valence-electron chi connectivity index (χ4n) is 2.21. The summed E-state index contributed by atoms with van der Waals surface area (Å²) in [4.78, 5) is 14.6. The predicted octanol–water partition coefficient (Wildman–Crippen LogP) is 3.02. The van der Waals surface area contributed by atoms with E-state index >= 15 is 0 Å². The van der Waals surface area contributed by atoms with E-state index in [2.05, 4.69) is 0 Å². The van der Waals surface area contributed by atoms with Gasteiger partial charge in [0.2, 0.25) is 5.91 Å². The third-order valence-corrected chi connectivity index (χ3v) is 4.70. The van der Waals surface area contributed by atoms with Gasteiger partial charge in [-0.2, -0.15) is 4.73 Å². The third-order valence-electron chi connectivity index (χ3n) is 3.43. The second-order valence-electron chi connectivity index (χ2n) is 4.78. The Bertz CT molecular complexity index is 615. The first-order chi connectivity index (χ1) is 10.7. The maximum Gasteiger partial charge on any atom is 0.252 e. The summed E-state index contributed by atoms with van der Waals surface area (Å²) in [6.07, 6.45) is 1.45. The van der Waals surface area contributed by atoms with E-state index in [1.54, 1.807) is 23.1 Å². The molecule has 0 aliphatic rings.